The topological polar surface area (TPSA) is 88.5 Å². The minimum Gasteiger partial charge on any atom is -0.479 e. The molecule has 2 saturated carbocycles. The molecule has 8 heteroatoms. The van der Waals surface area contributed by atoms with Crippen LogP contribution >= 0.6 is 11.5 Å². The van der Waals surface area contributed by atoms with Crippen LogP contribution in [0, 0.1) is 5.41 Å². The summed E-state index contributed by atoms with van der Waals surface area (Å²) in [7, 11) is -2.30. The quantitative estimate of drug-likeness (QED) is 0.849. The Morgan fingerprint density at radius 2 is 2.20 bits per heavy atom. The van der Waals surface area contributed by atoms with Crippen molar-refractivity contribution in [2.75, 3.05) is 13.7 Å². The molecule has 3 rings (SSSR count). The molecular formula is C12H18N2O4S2. The van der Waals surface area contributed by atoms with Gasteiger partial charge in [-0.05, 0) is 37.2 Å². The molecule has 0 aliphatic heterocycles. The molecule has 2 N–H and O–H groups in total. The van der Waals surface area contributed by atoms with Gasteiger partial charge in [-0.3, -0.25) is 0 Å². The minimum atomic E-state index is -3.69. The summed E-state index contributed by atoms with van der Waals surface area (Å²) < 4.78 is 35.8. The second-order valence-corrected chi connectivity index (χ2v) is 8.04. The van der Waals surface area contributed by atoms with Gasteiger partial charge in [0.2, 0.25) is 15.9 Å². The minimum absolute atomic E-state index is 0.0376. The zero-order valence-corrected chi connectivity index (χ0v) is 12.9. The van der Waals surface area contributed by atoms with Crippen LogP contribution in [0.15, 0.2) is 10.3 Å². The summed E-state index contributed by atoms with van der Waals surface area (Å²) in [6.07, 6.45) is 4.77. The lowest BCUT2D eigenvalue weighted by Gasteiger charge is -2.61. The molecule has 6 nitrogen and oxygen atoms in total. The van der Waals surface area contributed by atoms with Gasteiger partial charge in [-0.15, -0.1) is 0 Å². The molecule has 1 aromatic rings. The van der Waals surface area contributed by atoms with Crippen LogP contribution in [0.3, 0.4) is 0 Å². The summed E-state index contributed by atoms with van der Waals surface area (Å²) in [6, 6.07) is 0. The lowest BCUT2D eigenvalue weighted by Crippen LogP contribution is -2.65. The van der Waals surface area contributed by atoms with Crippen molar-refractivity contribution >= 4 is 21.6 Å². The summed E-state index contributed by atoms with van der Waals surface area (Å²) in [5.74, 6) is 0.0986. The van der Waals surface area contributed by atoms with Crippen LogP contribution in [0.1, 0.15) is 32.1 Å². The zero-order chi connectivity index (χ0) is 14.4. The molecular weight excluding hydrogens is 300 g/mol. The van der Waals surface area contributed by atoms with Crippen molar-refractivity contribution in [2.24, 2.45) is 5.41 Å². The third-order valence-corrected chi connectivity index (χ3v) is 7.02. The monoisotopic (exact) mass is 318 g/mol. The molecule has 1 aromatic heterocycles. The molecule has 0 bridgehead atoms. The van der Waals surface area contributed by atoms with Gasteiger partial charge in [0, 0.05) is 17.3 Å². The first-order valence-electron chi connectivity index (χ1n) is 6.63. The highest BCUT2D eigenvalue weighted by molar-refractivity contribution is 7.89. The van der Waals surface area contributed by atoms with E-state index in [1.807, 2.05) is 0 Å². The first kappa shape index (κ1) is 14.2. The van der Waals surface area contributed by atoms with E-state index in [0.717, 1.165) is 37.2 Å². The third kappa shape index (κ3) is 1.97. The van der Waals surface area contributed by atoms with Gasteiger partial charge in [-0.1, -0.05) is 6.42 Å². The zero-order valence-electron chi connectivity index (χ0n) is 11.3. The Morgan fingerprint density at radius 1 is 1.45 bits per heavy atom. The normalized spacial score (nSPS) is 27.9. The van der Waals surface area contributed by atoms with E-state index >= 15 is 0 Å². The van der Waals surface area contributed by atoms with Crippen LogP contribution < -0.4 is 9.46 Å². The maximum absolute atomic E-state index is 12.2. The van der Waals surface area contributed by atoms with Crippen molar-refractivity contribution in [1.29, 1.82) is 0 Å². The van der Waals surface area contributed by atoms with Gasteiger partial charge in [0.15, 0.2) is 4.90 Å². The van der Waals surface area contributed by atoms with Crippen LogP contribution in [0.5, 0.6) is 5.88 Å². The predicted octanol–water partition coefficient (Wildman–Crippen LogP) is 1.13. The number of aromatic nitrogens is 1. The highest BCUT2D eigenvalue weighted by Crippen LogP contribution is 2.61. The molecule has 1 heterocycles. The van der Waals surface area contributed by atoms with Crippen molar-refractivity contribution in [3.8, 4) is 5.88 Å². The summed E-state index contributed by atoms with van der Waals surface area (Å²) >= 11 is 1.03. The van der Waals surface area contributed by atoms with Crippen LogP contribution in [0.4, 0.5) is 0 Å². The molecule has 1 spiro atoms. The number of hydrogen-bond donors (Lipinski definition) is 2. The van der Waals surface area contributed by atoms with Crippen molar-refractivity contribution in [2.45, 2.75) is 42.6 Å². The average Bonchev–Trinajstić information content (AvgIpc) is 2.82. The third-order valence-electron chi connectivity index (χ3n) is 4.86. The fraction of sp³-hybridized carbons (Fsp3) is 0.750. The van der Waals surface area contributed by atoms with Gasteiger partial charge >= 0.3 is 0 Å². The maximum Gasteiger partial charge on any atom is 0.246 e. The molecule has 20 heavy (non-hydrogen) atoms. The summed E-state index contributed by atoms with van der Waals surface area (Å²) in [6.45, 7) is 0.0638. The molecule has 1 atom stereocenters. The number of methoxy groups -OCH3 is 1. The van der Waals surface area contributed by atoms with Gasteiger partial charge < -0.3 is 9.84 Å². The standard InChI is InChI=1S/C12H18N2O4S2/c1-18-10-9(7-19-14-10)20(16,17)13-8-12(15)6-5-11(12)3-2-4-11/h7,13,15H,2-6,8H2,1H3. The van der Waals surface area contributed by atoms with Crippen LogP contribution in [-0.2, 0) is 10.0 Å². The van der Waals surface area contributed by atoms with Gasteiger partial charge in [0.25, 0.3) is 0 Å². The molecule has 1 unspecified atom stereocenters. The van der Waals surface area contributed by atoms with E-state index < -0.39 is 15.6 Å². The maximum atomic E-state index is 12.2. The Balaban J connectivity index is 1.72. The summed E-state index contributed by atoms with van der Waals surface area (Å²) in [4.78, 5) is 0.0376. The Labute approximate surface area is 122 Å². The summed E-state index contributed by atoms with van der Waals surface area (Å²) in [5, 5.41) is 12.0. The number of nitrogens with zero attached hydrogens (tertiary/aromatic N) is 1. The van der Waals surface area contributed by atoms with E-state index in [4.69, 9.17) is 4.74 Å². The fourth-order valence-corrected chi connectivity index (χ4v) is 5.34. The molecule has 2 aliphatic carbocycles. The Bertz CT molecular complexity index is 603. The molecule has 0 radical (unpaired) electrons. The Hall–Kier alpha value is -0.700. The fourth-order valence-electron chi connectivity index (χ4n) is 3.19. The first-order valence-corrected chi connectivity index (χ1v) is 8.95. The van der Waals surface area contributed by atoms with Crippen LogP contribution in [0.2, 0.25) is 0 Å². The molecule has 0 aromatic carbocycles. The largest absolute Gasteiger partial charge is 0.479 e. The lowest BCUT2D eigenvalue weighted by atomic mass is 9.47. The second-order valence-electron chi connectivity index (χ2n) is 5.68. The van der Waals surface area contributed by atoms with Crippen molar-refractivity contribution in [3.63, 3.8) is 0 Å². The number of rotatable bonds is 5. The number of hydrogen-bond acceptors (Lipinski definition) is 6. The van der Waals surface area contributed by atoms with Gasteiger partial charge in [0.05, 0.1) is 12.7 Å². The molecule has 0 amide bonds. The van der Waals surface area contributed by atoms with Gasteiger partial charge in [-0.2, -0.15) is 4.37 Å². The van der Waals surface area contributed by atoms with Gasteiger partial charge in [-0.25, -0.2) is 13.1 Å². The van der Waals surface area contributed by atoms with Crippen molar-refractivity contribution in [1.82, 2.24) is 9.10 Å². The van der Waals surface area contributed by atoms with E-state index in [-0.39, 0.29) is 22.7 Å². The molecule has 0 saturated heterocycles. The second kappa shape index (κ2) is 4.66. The van der Waals surface area contributed by atoms with Crippen LogP contribution in [-0.4, -0.2) is 37.2 Å². The number of nitrogens with one attached hydrogen (secondary N) is 1. The summed E-state index contributed by atoms with van der Waals surface area (Å²) in [5.41, 5.74) is -0.943. The van der Waals surface area contributed by atoms with Gasteiger partial charge in [0.1, 0.15) is 0 Å². The highest BCUT2D eigenvalue weighted by Gasteiger charge is 2.60. The van der Waals surface area contributed by atoms with Crippen molar-refractivity contribution < 1.29 is 18.3 Å². The highest BCUT2D eigenvalue weighted by atomic mass is 32.2. The average molecular weight is 318 g/mol. The number of sulfonamides is 1. The number of aliphatic hydroxyl groups is 1. The van der Waals surface area contributed by atoms with E-state index in [0.29, 0.717) is 6.42 Å². The predicted molar refractivity (Wildman–Crippen MR) is 74.3 cm³/mol. The Morgan fingerprint density at radius 3 is 2.70 bits per heavy atom. The molecule has 2 aliphatic rings. The Kier molecular flexibility index (Phi) is 3.32. The number of ether oxygens (including phenoxy) is 1. The van der Waals surface area contributed by atoms with Crippen molar-refractivity contribution in [3.05, 3.63) is 5.38 Å². The SMILES string of the molecule is COc1nscc1S(=O)(=O)NCC1(O)CCC12CCC2. The lowest BCUT2D eigenvalue weighted by molar-refractivity contribution is -0.200. The molecule has 2 fully saturated rings. The van der Waals surface area contributed by atoms with Crippen LogP contribution in [0.25, 0.3) is 0 Å². The first-order chi connectivity index (χ1) is 9.43. The molecule has 112 valence electrons. The van der Waals surface area contributed by atoms with E-state index in [2.05, 4.69) is 9.10 Å². The van der Waals surface area contributed by atoms with E-state index in [1.165, 1.54) is 12.5 Å². The van der Waals surface area contributed by atoms with E-state index in [9.17, 15) is 13.5 Å². The smallest absolute Gasteiger partial charge is 0.246 e. The van der Waals surface area contributed by atoms with E-state index in [1.54, 1.807) is 0 Å².